The van der Waals surface area contributed by atoms with Gasteiger partial charge in [-0.2, -0.15) is 0 Å². The van der Waals surface area contributed by atoms with Crippen molar-refractivity contribution in [2.75, 3.05) is 7.11 Å². The van der Waals surface area contributed by atoms with Gasteiger partial charge in [0.15, 0.2) is 5.75 Å². The van der Waals surface area contributed by atoms with Gasteiger partial charge in [0.2, 0.25) is 0 Å². The van der Waals surface area contributed by atoms with Crippen LogP contribution in [0.15, 0.2) is 36.4 Å². The first-order valence-electron chi connectivity index (χ1n) is 6.91. The molecular formula is C16H14F2N2O4. The van der Waals surface area contributed by atoms with E-state index in [0.717, 1.165) is 18.2 Å². The number of carbonyl (C=O) groups excluding carboxylic acids is 1. The molecular weight excluding hydrogens is 322 g/mol. The number of rotatable bonds is 5. The van der Waals surface area contributed by atoms with Crippen molar-refractivity contribution in [2.45, 2.75) is 13.0 Å². The zero-order chi connectivity index (χ0) is 17.9. The van der Waals surface area contributed by atoms with E-state index in [1.54, 1.807) is 0 Å². The van der Waals surface area contributed by atoms with Crippen molar-refractivity contribution < 1.29 is 23.2 Å². The lowest BCUT2D eigenvalue weighted by Gasteiger charge is -2.15. The first kappa shape index (κ1) is 17.3. The van der Waals surface area contributed by atoms with Crippen molar-refractivity contribution in [3.05, 3.63) is 69.3 Å². The van der Waals surface area contributed by atoms with E-state index in [9.17, 15) is 23.7 Å². The highest BCUT2D eigenvalue weighted by Gasteiger charge is 2.20. The molecule has 0 saturated heterocycles. The van der Waals surface area contributed by atoms with Gasteiger partial charge in [0.25, 0.3) is 5.91 Å². The molecule has 0 saturated carbocycles. The molecule has 126 valence electrons. The Kier molecular flexibility index (Phi) is 5.08. The molecule has 0 radical (unpaired) electrons. The monoisotopic (exact) mass is 336 g/mol. The van der Waals surface area contributed by atoms with Crippen LogP contribution >= 0.6 is 0 Å². The SMILES string of the molecule is COc1ccc(C(=O)NC(C)c2ccc(F)cc2F)cc1[N+](=O)[O-]. The Bertz CT molecular complexity index is 796. The van der Waals surface area contributed by atoms with Crippen LogP contribution in [0.2, 0.25) is 0 Å². The third-order valence-corrected chi connectivity index (χ3v) is 3.41. The fourth-order valence-electron chi connectivity index (χ4n) is 2.18. The van der Waals surface area contributed by atoms with Crippen LogP contribution in [-0.4, -0.2) is 17.9 Å². The van der Waals surface area contributed by atoms with Gasteiger partial charge < -0.3 is 10.1 Å². The van der Waals surface area contributed by atoms with E-state index in [2.05, 4.69) is 5.32 Å². The molecule has 24 heavy (non-hydrogen) atoms. The summed E-state index contributed by atoms with van der Waals surface area (Å²) >= 11 is 0. The molecule has 0 aliphatic heterocycles. The standard InChI is InChI=1S/C16H14F2N2O4/c1-9(12-5-4-11(17)8-13(12)18)19-16(21)10-3-6-15(24-2)14(7-10)20(22)23/h3-9H,1-2H3,(H,19,21). The van der Waals surface area contributed by atoms with Gasteiger partial charge in [-0.25, -0.2) is 8.78 Å². The van der Waals surface area contributed by atoms with Gasteiger partial charge in [0.1, 0.15) is 11.6 Å². The van der Waals surface area contributed by atoms with Crippen molar-refractivity contribution in [3.63, 3.8) is 0 Å². The third kappa shape index (κ3) is 3.65. The molecule has 0 aromatic heterocycles. The number of halogens is 2. The number of hydrogen-bond donors (Lipinski definition) is 1. The zero-order valence-electron chi connectivity index (χ0n) is 12.9. The van der Waals surface area contributed by atoms with Gasteiger partial charge in [-0.15, -0.1) is 0 Å². The highest BCUT2D eigenvalue weighted by atomic mass is 19.1. The normalized spacial score (nSPS) is 11.7. The second-order valence-corrected chi connectivity index (χ2v) is 5.00. The maximum Gasteiger partial charge on any atom is 0.311 e. The van der Waals surface area contributed by atoms with Crippen LogP contribution in [0.5, 0.6) is 5.75 Å². The molecule has 2 rings (SSSR count). The van der Waals surface area contributed by atoms with Gasteiger partial charge in [-0.05, 0) is 25.1 Å². The second kappa shape index (κ2) is 7.03. The van der Waals surface area contributed by atoms with Gasteiger partial charge >= 0.3 is 5.69 Å². The lowest BCUT2D eigenvalue weighted by Crippen LogP contribution is -2.27. The number of nitro benzene ring substituents is 1. The largest absolute Gasteiger partial charge is 0.490 e. The molecule has 0 aliphatic rings. The highest BCUT2D eigenvalue weighted by Crippen LogP contribution is 2.28. The summed E-state index contributed by atoms with van der Waals surface area (Å²) in [6.45, 7) is 1.52. The molecule has 0 spiro atoms. The lowest BCUT2D eigenvalue weighted by molar-refractivity contribution is -0.385. The third-order valence-electron chi connectivity index (χ3n) is 3.41. The summed E-state index contributed by atoms with van der Waals surface area (Å²) in [7, 11) is 1.28. The number of nitrogens with one attached hydrogen (secondary N) is 1. The molecule has 0 heterocycles. The first-order valence-corrected chi connectivity index (χ1v) is 6.91. The van der Waals surface area contributed by atoms with Crippen LogP contribution in [0, 0.1) is 21.7 Å². The molecule has 8 heteroatoms. The van der Waals surface area contributed by atoms with Gasteiger partial charge in [-0.3, -0.25) is 14.9 Å². The van der Waals surface area contributed by atoms with Crippen molar-refractivity contribution >= 4 is 11.6 Å². The average molecular weight is 336 g/mol. The first-order chi connectivity index (χ1) is 11.3. The Morgan fingerprint density at radius 2 is 1.96 bits per heavy atom. The molecule has 1 N–H and O–H groups in total. The predicted octanol–water partition coefficient (Wildman–Crippen LogP) is 3.37. The summed E-state index contributed by atoms with van der Waals surface area (Å²) in [6.07, 6.45) is 0. The molecule has 1 atom stereocenters. The molecule has 1 unspecified atom stereocenters. The minimum atomic E-state index is -0.788. The Hall–Kier alpha value is -3.03. The summed E-state index contributed by atoms with van der Waals surface area (Å²) in [4.78, 5) is 22.5. The predicted molar refractivity (Wildman–Crippen MR) is 81.9 cm³/mol. The molecule has 6 nitrogen and oxygen atoms in total. The van der Waals surface area contributed by atoms with Crippen LogP contribution in [0.4, 0.5) is 14.5 Å². The van der Waals surface area contributed by atoms with Gasteiger partial charge in [0, 0.05) is 23.3 Å². The highest BCUT2D eigenvalue weighted by molar-refractivity contribution is 5.95. The van der Waals surface area contributed by atoms with E-state index < -0.39 is 28.5 Å². The van der Waals surface area contributed by atoms with E-state index >= 15 is 0 Å². The minimum absolute atomic E-state index is 0.0224. The summed E-state index contributed by atoms with van der Waals surface area (Å²) < 4.78 is 31.5. The molecule has 1 amide bonds. The Labute approximate surface area is 136 Å². The summed E-state index contributed by atoms with van der Waals surface area (Å²) in [6, 6.07) is 6.01. The number of carbonyl (C=O) groups is 1. The second-order valence-electron chi connectivity index (χ2n) is 5.00. The smallest absolute Gasteiger partial charge is 0.311 e. The number of nitrogens with zero attached hydrogens (tertiary/aromatic N) is 1. The fourth-order valence-corrected chi connectivity index (χ4v) is 2.18. The lowest BCUT2D eigenvalue weighted by atomic mass is 10.1. The van der Waals surface area contributed by atoms with E-state index in [4.69, 9.17) is 4.74 Å². The Balaban J connectivity index is 2.23. The number of hydrogen-bond acceptors (Lipinski definition) is 4. The maximum absolute atomic E-state index is 13.7. The Morgan fingerprint density at radius 1 is 1.25 bits per heavy atom. The zero-order valence-corrected chi connectivity index (χ0v) is 12.9. The quantitative estimate of drug-likeness (QED) is 0.670. The summed E-state index contributed by atoms with van der Waals surface area (Å²) in [5.41, 5.74) is -0.226. The van der Waals surface area contributed by atoms with E-state index in [0.29, 0.717) is 0 Å². The van der Waals surface area contributed by atoms with Crippen LogP contribution in [-0.2, 0) is 0 Å². The molecule has 2 aromatic rings. The fraction of sp³-hybridized carbons (Fsp3) is 0.188. The Morgan fingerprint density at radius 3 is 2.54 bits per heavy atom. The molecule has 0 fully saturated rings. The van der Waals surface area contributed by atoms with Crippen molar-refractivity contribution in [1.29, 1.82) is 0 Å². The number of methoxy groups -OCH3 is 1. The molecule has 2 aromatic carbocycles. The molecule has 0 bridgehead atoms. The van der Waals surface area contributed by atoms with Crippen LogP contribution < -0.4 is 10.1 Å². The maximum atomic E-state index is 13.7. The number of amides is 1. The topological polar surface area (TPSA) is 81.5 Å². The van der Waals surface area contributed by atoms with Crippen molar-refractivity contribution in [3.8, 4) is 5.75 Å². The number of nitro groups is 1. The van der Waals surface area contributed by atoms with E-state index in [1.165, 1.54) is 32.2 Å². The summed E-state index contributed by atoms with van der Waals surface area (Å²) in [5, 5.41) is 13.5. The van der Waals surface area contributed by atoms with Crippen LogP contribution in [0.1, 0.15) is 28.9 Å². The van der Waals surface area contributed by atoms with E-state index in [1.807, 2.05) is 0 Å². The van der Waals surface area contributed by atoms with Crippen molar-refractivity contribution in [2.24, 2.45) is 0 Å². The number of ether oxygens (including phenoxy) is 1. The average Bonchev–Trinajstić information content (AvgIpc) is 2.53. The van der Waals surface area contributed by atoms with Gasteiger partial charge in [0.05, 0.1) is 18.1 Å². The summed E-state index contributed by atoms with van der Waals surface area (Å²) in [5.74, 6) is -2.12. The number of benzene rings is 2. The minimum Gasteiger partial charge on any atom is -0.490 e. The molecule has 0 aliphatic carbocycles. The van der Waals surface area contributed by atoms with Crippen molar-refractivity contribution in [1.82, 2.24) is 5.32 Å². The van der Waals surface area contributed by atoms with Gasteiger partial charge in [-0.1, -0.05) is 6.07 Å². The van der Waals surface area contributed by atoms with Crippen LogP contribution in [0.25, 0.3) is 0 Å². The van der Waals surface area contributed by atoms with Crippen LogP contribution in [0.3, 0.4) is 0 Å². The van der Waals surface area contributed by atoms with E-state index in [-0.39, 0.29) is 22.6 Å².